The van der Waals surface area contributed by atoms with Gasteiger partial charge >= 0.3 is 0 Å². The molecule has 35 heavy (non-hydrogen) atoms. The van der Waals surface area contributed by atoms with Crippen molar-refractivity contribution >= 4 is 39.1 Å². The van der Waals surface area contributed by atoms with Crippen LogP contribution in [0.2, 0.25) is 5.02 Å². The second-order valence-corrected chi connectivity index (χ2v) is 11.3. The van der Waals surface area contributed by atoms with Crippen LogP contribution < -0.4 is 9.62 Å². The summed E-state index contributed by atoms with van der Waals surface area (Å²) < 4.78 is 26.0. The predicted octanol–water partition coefficient (Wildman–Crippen LogP) is 4.47. The third-order valence-electron chi connectivity index (χ3n) is 5.53. The molecule has 2 aromatic rings. The summed E-state index contributed by atoms with van der Waals surface area (Å²) in [6.07, 6.45) is 2.05. The molecule has 0 aliphatic rings. The molecule has 1 atom stereocenters. The van der Waals surface area contributed by atoms with Crippen LogP contribution in [0.4, 0.5) is 5.69 Å². The number of amides is 2. The van der Waals surface area contributed by atoms with Gasteiger partial charge in [0.2, 0.25) is 21.8 Å². The SMILES string of the molecule is CC[C@@H](C(=O)NCC(C)C)N(Cc1ccc(Cl)cc1)C(=O)CCCN(c1ccccc1)S(C)(=O)=O. The van der Waals surface area contributed by atoms with E-state index < -0.39 is 16.1 Å². The van der Waals surface area contributed by atoms with Crippen LogP contribution in [0.15, 0.2) is 54.6 Å². The summed E-state index contributed by atoms with van der Waals surface area (Å²) >= 11 is 6.01. The van der Waals surface area contributed by atoms with Gasteiger partial charge in [-0.25, -0.2) is 8.42 Å². The first-order valence-corrected chi connectivity index (χ1v) is 14.1. The Balaban J connectivity index is 2.18. The highest BCUT2D eigenvalue weighted by Gasteiger charge is 2.29. The summed E-state index contributed by atoms with van der Waals surface area (Å²) in [5.41, 5.74) is 1.42. The zero-order valence-corrected chi connectivity index (χ0v) is 22.5. The highest BCUT2D eigenvalue weighted by Crippen LogP contribution is 2.20. The number of nitrogens with one attached hydrogen (secondary N) is 1. The largest absolute Gasteiger partial charge is 0.354 e. The Morgan fingerprint density at radius 1 is 1.03 bits per heavy atom. The maximum atomic E-state index is 13.4. The van der Waals surface area contributed by atoms with Gasteiger partial charge in [-0.1, -0.05) is 62.7 Å². The smallest absolute Gasteiger partial charge is 0.242 e. The lowest BCUT2D eigenvalue weighted by Crippen LogP contribution is -2.49. The normalized spacial score (nSPS) is 12.3. The first kappa shape index (κ1) is 28.7. The number of hydrogen-bond acceptors (Lipinski definition) is 4. The monoisotopic (exact) mass is 521 g/mol. The highest BCUT2D eigenvalue weighted by molar-refractivity contribution is 7.92. The van der Waals surface area contributed by atoms with Crippen LogP contribution in [0, 0.1) is 5.92 Å². The van der Waals surface area contributed by atoms with E-state index in [0.29, 0.717) is 30.1 Å². The van der Waals surface area contributed by atoms with Crippen molar-refractivity contribution in [3.63, 3.8) is 0 Å². The van der Waals surface area contributed by atoms with Gasteiger partial charge in [-0.05, 0) is 48.6 Å². The molecule has 2 amide bonds. The highest BCUT2D eigenvalue weighted by atomic mass is 35.5. The van der Waals surface area contributed by atoms with Crippen molar-refractivity contribution in [2.45, 2.75) is 52.6 Å². The summed E-state index contributed by atoms with van der Waals surface area (Å²) in [5, 5.41) is 3.53. The van der Waals surface area contributed by atoms with Crippen molar-refractivity contribution in [2.24, 2.45) is 5.92 Å². The molecular formula is C26H36ClN3O4S. The molecule has 0 bridgehead atoms. The molecule has 0 unspecified atom stereocenters. The molecule has 0 heterocycles. The molecule has 0 spiro atoms. The third-order valence-corrected chi connectivity index (χ3v) is 6.98. The van der Waals surface area contributed by atoms with Crippen molar-refractivity contribution in [2.75, 3.05) is 23.7 Å². The van der Waals surface area contributed by atoms with E-state index in [9.17, 15) is 18.0 Å². The maximum absolute atomic E-state index is 13.4. The summed E-state index contributed by atoms with van der Waals surface area (Å²) in [4.78, 5) is 27.9. The minimum Gasteiger partial charge on any atom is -0.354 e. The molecule has 9 heteroatoms. The van der Waals surface area contributed by atoms with Crippen molar-refractivity contribution in [3.8, 4) is 0 Å². The van der Waals surface area contributed by atoms with Crippen LogP contribution in [0.3, 0.4) is 0 Å². The number of anilines is 1. The van der Waals surface area contributed by atoms with Crippen molar-refractivity contribution in [1.82, 2.24) is 10.2 Å². The van der Waals surface area contributed by atoms with Gasteiger partial charge < -0.3 is 10.2 Å². The Labute approximate surface area is 214 Å². The standard InChI is InChI=1S/C26H36ClN3O4S/c1-5-24(26(32)28-18-20(2)3)29(19-21-13-15-22(27)16-14-21)25(31)12-9-17-30(35(4,33)34)23-10-7-6-8-11-23/h6-8,10-11,13-16,20,24H,5,9,12,17-19H2,1-4H3,(H,28,32)/t24-/m0/s1. The fourth-order valence-corrected chi connectivity index (χ4v) is 4.82. The van der Waals surface area contributed by atoms with Crippen LogP contribution in [-0.2, 0) is 26.2 Å². The van der Waals surface area contributed by atoms with Gasteiger partial charge in [0, 0.05) is 31.1 Å². The van der Waals surface area contributed by atoms with Crippen LogP contribution in [0.1, 0.15) is 45.6 Å². The number of hydrogen-bond donors (Lipinski definition) is 1. The van der Waals surface area contributed by atoms with Crippen molar-refractivity contribution in [1.29, 1.82) is 0 Å². The van der Waals surface area contributed by atoms with E-state index in [-0.39, 0.29) is 37.2 Å². The Bertz CT molecular complexity index is 1060. The average Bonchev–Trinajstić information content (AvgIpc) is 2.81. The molecule has 7 nitrogen and oxygen atoms in total. The number of nitrogens with zero attached hydrogens (tertiary/aromatic N) is 2. The van der Waals surface area contributed by atoms with E-state index in [2.05, 4.69) is 5.32 Å². The molecule has 0 saturated heterocycles. The van der Waals surface area contributed by atoms with Gasteiger partial charge in [0.05, 0.1) is 11.9 Å². The molecule has 0 aliphatic heterocycles. The van der Waals surface area contributed by atoms with E-state index in [0.717, 1.165) is 11.8 Å². The van der Waals surface area contributed by atoms with Gasteiger partial charge in [-0.2, -0.15) is 0 Å². The lowest BCUT2D eigenvalue weighted by molar-refractivity contribution is -0.141. The Morgan fingerprint density at radius 2 is 1.66 bits per heavy atom. The first-order valence-electron chi connectivity index (χ1n) is 11.9. The van der Waals surface area contributed by atoms with E-state index in [1.807, 2.05) is 39.0 Å². The zero-order valence-electron chi connectivity index (χ0n) is 20.9. The maximum Gasteiger partial charge on any atom is 0.242 e. The molecule has 0 radical (unpaired) electrons. The topological polar surface area (TPSA) is 86.8 Å². The van der Waals surface area contributed by atoms with E-state index >= 15 is 0 Å². The number of carbonyl (C=O) groups excluding carboxylic acids is 2. The van der Waals surface area contributed by atoms with Crippen LogP contribution in [0.5, 0.6) is 0 Å². The van der Waals surface area contributed by atoms with Gasteiger partial charge in [-0.15, -0.1) is 0 Å². The molecule has 0 saturated carbocycles. The van der Waals surface area contributed by atoms with Crippen molar-refractivity contribution < 1.29 is 18.0 Å². The van der Waals surface area contributed by atoms with Crippen molar-refractivity contribution in [3.05, 3.63) is 65.2 Å². The average molecular weight is 522 g/mol. The van der Waals surface area contributed by atoms with E-state index in [4.69, 9.17) is 11.6 Å². The summed E-state index contributed by atoms with van der Waals surface area (Å²) in [5.74, 6) is -0.101. The number of benzene rings is 2. The second kappa shape index (κ2) is 13.5. The van der Waals surface area contributed by atoms with Crippen LogP contribution in [0.25, 0.3) is 0 Å². The molecule has 2 aromatic carbocycles. The van der Waals surface area contributed by atoms with Crippen LogP contribution in [-0.4, -0.2) is 50.5 Å². The second-order valence-electron chi connectivity index (χ2n) is 8.99. The molecule has 0 aliphatic carbocycles. The fraction of sp³-hybridized carbons (Fsp3) is 0.462. The fourth-order valence-electron chi connectivity index (χ4n) is 3.73. The predicted molar refractivity (Wildman–Crippen MR) is 142 cm³/mol. The number of carbonyl (C=O) groups is 2. The lowest BCUT2D eigenvalue weighted by Gasteiger charge is -2.31. The third kappa shape index (κ3) is 9.18. The minimum atomic E-state index is -3.51. The minimum absolute atomic E-state index is 0.112. The molecule has 192 valence electrons. The van der Waals surface area contributed by atoms with Gasteiger partial charge in [0.1, 0.15) is 6.04 Å². The molecule has 1 N–H and O–H groups in total. The van der Waals surface area contributed by atoms with Gasteiger partial charge in [-0.3, -0.25) is 13.9 Å². The number of halogens is 1. The Kier molecular flexibility index (Phi) is 11.0. The van der Waals surface area contributed by atoms with Gasteiger partial charge in [0.25, 0.3) is 0 Å². The Morgan fingerprint density at radius 3 is 2.20 bits per heavy atom. The summed E-state index contributed by atoms with van der Waals surface area (Å²) in [6.45, 7) is 6.86. The van der Waals surface area contributed by atoms with Gasteiger partial charge in [0.15, 0.2) is 0 Å². The zero-order chi connectivity index (χ0) is 26.0. The first-order chi connectivity index (χ1) is 16.5. The summed E-state index contributed by atoms with van der Waals surface area (Å²) in [6, 6.07) is 15.4. The molecular weight excluding hydrogens is 486 g/mol. The quantitative estimate of drug-likeness (QED) is 0.421. The number of rotatable bonds is 13. The van der Waals surface area contributed by atoms with E-state index in [1.54, 1.807) is 41.3 Å². The molecule has 0 aromatic heterocycles. The number of sulfonamides is 1. The Hall–Kier alpha value is -2.58. The molecule has 2 rings (SSSR count). The molecule has 0 fully saturated rings. The van der Waals surface area contributed by atoms with Crippen LogP contribution >= 0.6 is 11.6 Å². The lowest BCUT2D eigenvalue weighted by atomic mass is 10.1. The number of para-hydroxylation sites is 1. The summed E-state index contributed by atoms with van der Waals surface area (Å²) in [7, 11) is -3.51. The van der Waals surface area contributed by atoms with E-state index in [1.165, 1.54) is 4.31 Å².